The van der Waals surface area contributed by atoms with E-state index in [9.17, 15) is 8.42 Å². The third kappa shape index (κ3) is 3.76. The third-order valence-corrected chi connectivity index (χ3v) is 4.64. The zero-order valence-electron chi connectivity index (χ0n) is 11.3. The number of hydrogen-bond donors (Lipinski definition) is 2. The predicted octanol–water partition coefficient (Wildman–Crippen LogP) is 3.31. The predicted molar refractivity (Wildman–Crippen MR) is 80.3 cm³/mol. The third-order valence-electron chi connectivity index (χ3n) is 3.73. The molecule has 6 heteroatoms. The molecule has 19 heavy (non-hydrogen) atoms. The van der Waals surface area contributed by atoms with Gasteiger partial charge in [-0.1, -0.05) is 18.5 Å². The van der Waals surface area contributed by atoms with E-state index >= 15 is 0 Å². The van der Waals surface area contributed by atoms with Gasteiger partial charge in [0.2, 0.25) is 10.0 Å². The lowest BCUT2D eigenvalue weighted by molar-refractivity contribution is 0.493. The average Bonchev–Trinajstić information content (AvgIpc) is 3.00. The highest BCUT2D eigenvalue weighted by atomic mass is 35.5. The second kappa shape index (κ2) is 4.87. The van der Waals surface area contributed by atoms with E-state index in [1.54, 1.807) is 12.1 Å². The monoisotopic (exact) mass is 302 g/mol. The number of halogens is 1. The van der Waals surface area contributed by atoms with Crippen molar-refractivity contribution in [1.82, 2.24) is 0 Å². The van der Waals surface area contributed by atoms with E-state index in [2.05, 4.69) is 23.9 Å². The summed E-state index contributed by atoms with van der Waals surface area (Å²) in [4.78, 5) is 0. The van der Waals surface area contributed by atoms with Gasteiger partial charge in [0, 0.05) is 11.7 Å². The lowest BCUT2D eigenvalue weighted by Gasteiger charge is -2.22. The van der Waals surface area contributed by atoms with Gasteiger partial charge >= 0.3 is 0 Å². The smallest absolute Gasteiger partial charge is 0.229 e. The number of nitrogens with one attached hydrogen (secondary N) is 2. The van der Waals surface area contributed by atoms with Crippen molar-refractivity contribution in [2.24, 2.45) is 5.41 Å². The van der Waals surface area contributed by atoms with Gasteiger partial charge in [-0.3, -0.25) is 4.72 Å². The van der Waals surface area contributed by atoms with Crippen LogP contribution in [0.2, 0.25) is 5.02 Å². The highest BCUT2D eigenvalue weighted by Crippen LogP contribution is 2.48. The Bertz CT molecular complexity index is 582. The van der Waals surface area contributed by atoms with Crippen LogP contribution in [0.1, 0.15) is 26.7 Å². The minimum atomic E-state index is -3.30. The molecule has 1 aromatic carbocycles. The van der Waals surface area contributed by atoms with Crippen molar-refractivity contribution in [1.29, 1.82) is 0 Å². The van der Waals surface area contributed by atoms with Gasteiger partial charge < -0.3 is 5.32 Å². The topological polar surface area (TPSA) is 58.2 Å². The van der Waals surface area contributed by atoms with E-state index < -0.39 is 10.0 Å². The van der Waals surface area contributed by atoms with E-state index in [-0.39, 0.29) is 0 Å². The Morgan fingerprint density at radius 1 is 1.37 bits per heavy atom. The van der Waals surface area contributed by atoms with Gasteiger partial charge in [0.05, 0.1) is 17.0 Å². The molecule has 1 atom stereocenters. The molecule has 0 aliphatic heterocycles. The summed E-state index contributed by atoms with van der Waals surface area (Å²) in [7, 11) is -3.30. The van der Waals surface area contributed by atoms with Gasteiger partial charge in [-0.05, 0) is 43.4 Å². The number of benzene rings is 1. The normalized spacial score (nSPS) is 18.7. The number of hydrogen-bond acceptors (Lipinski definition) is 3. The second-order valence-corrected chi connectivity index (χ2v) is 7.74. The van der Waals surface area contributed by atoms with Gasteiger partial charge in [0.25, 0.3) is 0 Å². The van der Waals surface area contributed by atoms with E-state index in [0.29, 0.717) is 22.2 Å². The second-order valence-electron chi connectivity index (χ2n) is 5.59. The largest absolute Gasteiger partial charge is 0.382 e. The molecule has 2 N–H and O–H groups in total. The van der Waals surface area contributed by atoms with Gasteiger partial charge in [0.15, 0.2) is 0 Å². The fraction of sp³-hybridized carbons (Fsp3) is 0.538. The molecule has 0 aromatic heterocycles. The van der Waals surface area contributed by atoms with Crippen LogP contribution in [0.25, 0.3) is 0 Å². The van der Waals surface area contributed by atoms with Crippen LogP contribution in [0.4, 0.5) is 11.4 Å². The van der Waals surface area contributed by atoms with Crippen LogP contribution in [0.5, 0.6) is 0 Å². The summed E-state index contributed by atoms with van der Waals surface area (Å²) in [6, 6.07) is 5.63. The lowest BCUT2D eigenvalue weighted by Crippen LogP contribution is -2.24. The van der Waals surface area contributed by atoms with E-state index in [0.717, 1.165) is 11.9 Å². The molecule has 0 saturated heterocycles. The maximum atomic E-state index is 11.2. The van der Waals surface area contributed by atoms with Crippen molar-refractivity contribution in [3.05, 3.63) is 23.2 Å². The summed E-state index contributed by atoms with van der Waals surface area (Å²) in [5.41, 5.74) is 1.68. The lowest BCUT2D eigenvalue weighted by atomic mass is 10.0. The molecular weight excluding hydrogens is 284 g/mol. The van der Waals surface area contributed by atoms with Crippen molar-refractivity contribution >= 4 is 33.0 Å². The fourth-order valence-corrected chi connectivity index (χ4v) is 2.80. The Labute approximate surface area is 119 Å². The van der Waals surface area contributed by atoms with Crippen molar-refractivity contribution in [2.45, 2.75) is 32.7 Å². The first-order valence-corrected chi connectivity index (χ1v) is 8.50. The van der Waals surface area contributed by atoms with Crippen LogP contribution in [-0.4, -0.2) is 20.7 Å². The minimum absolute atomic E-state index is 0.371. The molecule has 1 unspecified atom stereocenters. The molecule has 0 radical (unpaired) electrons. The summed E-state index contributed by atoms with van der Waals surface area (Å²) in [6.07, 6.45) is 3.58. The highest BCUT2D eigenvalue weighted by molar-refractivity contribution is 7.92. The van der Waals surface area contributed by atoms with Crippen LogP contribution in [-0.2, 0) is 10.0 Å². The summed E-state index contributed by atoms with van der Waals surface area (Å²) < 4.78 is 24.7. The van der Waals surface area contributed by atoms with Crippen LogP contribution in [0, 0.1) is 5.41 Å². The van der Waals surface area contributed by atoms with Crippen LogP contribution in [0.15, 0.2) is 18.2 Å². The molecule has 0 amide bonds. The van der Waals surface area contributed by atoms with Gasteiger partial charge in [0.1, 0.15) is 0 Å². The number of anilines is 2. The summed E-state index contributed by atoms with van der Waals surface area (Å²) in [6.45, 7) is 4.41. The maximum absolute atomic E-state index is 11.2. The Morgan fingerprint density at radius 2 is 2.00 bits per heavy atom. The molecule has 1 aliphatic carbocycles. The van der Waals surface area contributed by atoms with Crippen molar-refractivity contribution < 1.29 is 8.42 Å². The first-order valence-electron chi connectivity index (χ1n) is 6.23. The molecule has 1 fully saturated rings. The summed E-state index contributed by atoms with van der Waals surface area (Å²) in [5, 5.41) is 3.81. The first kappa shape index (κ1) is 14.5. The van der Waals surface area contributed by atoms with Crippen LogP contribution >= 0.6 is 11.6 Å². The highest BCUT2D eigenvalue weighted by Gasteiger charge is 2.42. The van der Waals surface area contributed by atoms with Gasteiger partial charge in [-0.25, -0.2) is 8.42 Å². The summed E-state index contributed by atoms with van der Waals surface area (Å²) >= 11 is 6.08. The molecule has 1 aliphatic rings. The Balaban J connectivity index is 2.10. The standard InChI is InChI=1S/C13H19ClN2O2S/c1-9(13(2)6-7-13)15-10-4-5-12(11(14)8-10)16-19(3,17)18/h4-5,8-9,15-16H,6-7H2,1-3H3. The maximum Gasteiger partial charge on any atom is 0.229 e. The number of rotatable bonds is 5. The Morgan fingerprint density at radius 3 is 2.47 bits per heavy atom. The molecule has 0 bridgehead atoms. The quantitative estimate of drug-likeness (QED) is 0.877. The Hall–Kier alpha value is -0.940. The van der Waals surface area contributed by atoms with Crippen LogP contribution in [0.3, 0.4) is 0 Å². The molecule has 2 rings (SSSR count). The molecule has 4 nitrogen and oxygen atoms in total. The zero-order valence-corrected chi connectivity index (χ0v) is 12.9. The van der Waals surface area contributed by atoms with Gasteiger partial charge in [-0.2, -0.15) is 0 Å². The minimum Gasteiger partial charge on any atom is -0.382 e. The Kier molecular flexibility index (Phi) is 3.71. The van der Waals surface area contributed by atoms with Crippen LogP contribution < -0.4 is 10.0 Å². The van der Waals surface area contributed by atoms with Crippen molar-refractivity contribution in [3.8, 4) is 0 Å². The molecule has 0 heterocycles. The van der Waals surface area contributed by atoms with E-state index in [4.69, 9.17) is 11.6 Å². The summed E-state index contributed by atoms with van der Waals surface area (Å²) in [5.74, 6) is 0. The van der Waals surface area contributed by atoms with Crippen molar-refractivity contribution in [3.63, 3.8) is 0 Å². The molecule has 106 valence electrons. The fourth-order valence-electron chi connectivity index (χ4n) is 1.94. The molecular formula is C13H19ClN2O2S. The molecule has 0 spiro atoms. The molecule has 1 saturated carbocycles. The van der Waals surface area contributed by atoms with E-state index in [1.807, 2.05) is 6.07 Å². The first-order chi connectivity index (χ1) is 8.70. The zero-order chi connectivity index (χ0) is 14.3. The number of sulfonamides is 1. The van der Waals surface area contributed by atoms with E-state index in [1.165, 1.54) is 12.8 Å². The molecule has 1 aromatic rings. The van der Waals surface area contributed by atoms with Crippen molar-refractivity contribution in [2.75, 3.05) is 16.3 Å². The SMILES string of the molecule is CC(Nc1ccc(NS(C)(=O)=O)c(Cl)c1)C1(C)CC1. The average molecular weight is 303 g/mol. The van der Waals surface area contributed by atoms with Gasteiger partial charge in [-0.15, -0.1) is 0 Å².